The molecule has 1 fully saturated rings. The summed E-state index contributed by atoms with van der Waals surface area (Å²) in [6.45, 7) is 1.22. The molecular weight excluding hydrogens is 440 g/mol. The molecule has 178 valence electrons. The average Bonchev–Trinajstić information content (AvgIpc) is 3.32. The first-order chi connectivity index (χ1) is 15.9. The zero-order valence-corrected chi connectivity index (χ0v) is 20.1. The van der Waals surface area contributed by atoms with Crippen molar-refractivity contribution in [2.24, 2.45) is 5.92 Å². The summed E-state index contributed by atoms with van der Waals surface area (Å²) >= 11 is 0. The molecule has 4 rings (SSSR count). The molecule has 8 heteroatoms. The third-order valence-corrected chi connectivity index (χ3v) is 8.61. The molecular formula is C25H32N2O5S. The summed E-state index contributed by atoms with van der Waals surface area (Å²) in [6, 6.07) is 11.2. The second-order valence-corrected chi connectivity index (χ2v) is 10.6. The van der Waals surface area contributed by atoms with Gasteiger partial charge in [-0.1, -0.05) is 12.1 Å². The molecule has 1 N–H and O–H groups in total. The van der Waals surface area contributed by atoms with Crippen LogP contribution < -0.4 is 14.8 Å². The van der Waals surface area contributed by atoms with E-state index in [0.717, 1.165) is 41.9 Å². The van der Waals surface area contributed by atoms with Crippen molar-refractivity contribution in [3.63, 3.8) is 0 Å². The molecule has 1 aliphatic carbocycles. The van der Waals surface area contributed by atoms with E-state index in [0.29, 0.717) is 43.8 Å². The lowest BCUT2D eigenvalue weighted by molar-refractivity contribution is -0.126. The number of carbonyl (C=O) groups is 1. The molecule has 0 bridgehead atoms. The first kappa shape index (κ1) is 23.6. The maximum atomic E-state index is 13.1. The number of methoxy groups -OCH3 is 2. The summed E-state index contributed by atoms with van der Waals surface area (Å²) in [5.41, 5.74) is 3.41. The fourth-order valence-corrected chi connectivity index (χ4v) is 6.26. The number of carbonyl (C=O) groups excluding carboxylic acids is 1. The Labute approximate surface area is 196 Å². The van der Waals surface area contributed by atoms with Crippen molar-refractivity contribution in [3.8, 4) is 11.5 Å². The lowest BCUT2D eigenvalue weighted by Gasteiger charge is -2.30. The number of hydrogen-bond acceptors (Lipinski definition) is 5. The zero-order valence-electron chi connectivity index (χ0n) is 19.3. The van der Waals surface area contributed by atoms with Crippen LogP contribution >= 0.6 is 0 Å². The second-order valence-electron chi connectivity index (χ2n) is 8.68. The van der Waals surface area contributed by atoms with Crippen LogP contribution in [0.1, 0.15) is 36.0 Å². The van der Waals surface area contributed by atoms with Gasteiger partial charge in [0, 0.05) is 31.6 Å². The molecule has 1 aliphatic heterocycles. The molecule has 7 nitrogen and oxygen atoms in total. The molecule has 0 unspecified atom stereocenters. The number of nitrogens with zero attached hydrogens (tertiary/aromatic N) is 1. The van der Waals surface area contributed by atoms with E-state index in [1.54, 1.807) is 20.3 Å². The third kappa shape index (κ3) is 5.17. The molecule has 0 aromatic heterocycles. The highest BCUT2D eigenvalue weighted by Gasteiger charge is 2.32. The minimum absolute atomic E-state index is 0.0166. The van der Waals surface area contributed by atoms with Crippen molar-refractivity contribution < 1.29 is 22.7 Å². The Hall–Kier alpha value is -2.58. The molecule has 33 heavy (non-hydrogen) atoms. The van der Waals surface area contributed by atoms with Gasteiger partial charge in [-0.05, 0) is 73.4 Å². The van der Waals surface area contributed by atoms with Crippen molar-refractivity contribution in [2.45, 2.75) is 43.4 Å². The van der Waals surface area contributed by atoms with Gasteiger partial charge < -0.3 is 14.8 Å². The van der Waals surface area contributed by atoms with Gasteiger partial charge in [0.05, 0.1) is 19.1 Å². The summed E-state index contributed by atoms with van der Waals surface area (Å²) in [6.07, 6.45) is 4.77. The van der Waals surface area contributed by atoms with Gasteiger partial charge in [0.15, 0.2) is 0 Å². The van der Waals surface area contributed by atoms with E-state index in [1.807, 2.05) is 30.3 Å². The van der Waals surface area contributed by atoms with Crippen molar-refractivity contribution in [2.75, 3.05) is 33.9 Å². The zero-order chi connectivity index (χ0) is 23.4. The van der Waals surface area contributed by atoms with Gasteiger partial charge in [-0.3, -0.25) is 4.79 Å². The van der Waals surface area contributed by atoms with Crippen LogP contribution in [-0.2, 0) is 34.1 Å². The summed E-state index contributed by atoms with van der Waals surface area (Å²) in [7, 11) is -0.301. The van der Waals surface area contributed by atoms with Crippen LogP contribution in [0, 0.1) is 5.92 Å². The minimum atomic E-state index is -3.52. The van der Waals surface area contributed by atoms with E-state index in [1.165, 1.54) is 9.87 Å². The predicted octanol–water partition coefficient (Wildman–Crippen LogP) is 2.95. The number of benzene rings is 2. The summed E-state index contributed by atoms with van der Waals surface area (Å²) in [5.74, 6) is 1.26. The van der Waals surface area contributed by atoms with Crippen LogP contribution in [-0.4, -0.2) is 52.5 Å². The largest absolute Gasteiger partial charge is 0.497 e. The molecule has 0 spiro atoms. The number of nitrogens with one attached hydrogen (secondary N) is 1. The monoisotopic (exact) mass is 472 g/mol. The van der Waals surface area contributed by atoms with E-state index < -0.39 is 10.0 Å². The van der Waals surface area contributed by atoms with Crippen LogP contribution in [0.5, 0.6) is 11.5 Å². The van der Waals surface area contributed by atoms with Gasteiger partial charge in [-0.15, -0.1) is 0 Å². The van der Waals surface area contributed by atoms with Crippen molar-refractivity contribution >= 4 is 15.9 Å². The van der Waals surface area contributed by atoms with Crippen molar-refractivity contribution in [3.05, 3.63) is 53.1 Å². The van der Waals surface area contributed by atoms with Crippen LogP contribution in [0.3, 0.4) is 0 Å². The molecule has 1 heterocycles. The molecule has 0 atom stereocenters. The lowest BCUT2D eigenvalue weighted by atomic mass is 9.97. The smallest absolute Gasteiger partial charge is 0.243 e. The Morgan fingerprint density at radius 2 is 1.79 bits per heavy atom. The maximum Gasteiger partial charge on any atom is 0.243 e. The van der Waals surface area contributed by atoms with Crippen molar-refractivity contribution in [1.29, 1.82) is 0 Å². The third-order valence-electron chi connectivity index (χ3n) is 6.72. The molecule has 2 aromatic rings. The highest BCUT2D eigenvalue weighted by molar-refractivity contribution is 7.89. The fourth-order valence-electron chi connectivity index (χ4n) is 4.74. The number of sulfonamides is 1. The first-order valence-corrected chi connectivity index (χ1v) is 13.0. The Balaban J connectivity index is 1.28. The van der Waals surface area contributed by atoms with Gasteiger partial charge in [-0.25, -0.2) is 8.42 Å². The number of rotatable bonds is 8. The van der Waals surface area contributed by atoms with Crippen LogP contribution in [0.15, 0.2) is 41.3 Å². The highest BCUT2D eigenvalue weighted by atomic mass is 32.2. The van der Waals surface area contributed by atoms with Crippen LogP contribution in [0.4, 0.5) is 0 Å². The average molecular weight is 473 g/mol. The quantitative estimate of drug-likeness (QED) is 0.639. The maximum absolute atomic E-state index is 13.1. The van der Waals surface area contributed by atoms with Gasteiger partial charge in [0.2, 0.25) is 15.9 Å². The number of aryl methyl sites for hydroxylation is 2. The first-order valence-electron chi connectivity index (χ1n) is 11.5. The number of fused-ring (bicyclic) bond motifs is 1. The standard InChI is InChI=1S/C25H32N2O5S/c1-31-22-8-6-19(24(17-22)32-2)10-13-26-25(28)20-11-14-27(15-12-20)33(29,30)23-9-7-18-4-3-5-21(18)16-23/h6-9,16-17,20H,3-5,10-15H2,1-2H3,(H,26,28). The van der Waals surface area contributed by atoms with Gasteiger partial charge in [0.25, 0.3) is 0 Å². The SMILES string of the molecule is COc1ccc(CCNC(=O)C2CCN(S(=O)(=O)c3ccc4c(c3)CCC4)CC2)c(OC)c1. The predicted molar refractivity (Wildman–Crippen MR) is 126 cm³/mol. The number of piperidine rings is 1. The molecule has 2 aliphatic rings. The lowest BCUT2D eigenvalue weighted by Crippen LogP contribution is -2.43. The summed E-state index contributed by atoms with van der Waals surface area (Å²) in [4.78, 5) is 13.0. The van der Waals surface area contributed by atoms with E-state index in [2.05, 4.69) is 5.32 Å². The van der Waals surface area contributed by atoms with E-state index in [9.17, 15) is 13.2 Å². The Kier molecular flexibility index (Phi) is 7.24. The fraction of sp³-hybridized carbons (Fsp3) is 0.480. The second kappa shape index (κ2) is 10.1. The topological polar surface area (TPSA) is 84.9 Å². The molecule has 2 aromatic carbocycles. The van der Waals surface area contributed by atoms with Crippen molar-refractivity contribution in [1.82, 2.24) is 9.62 Å². The highest BCUT2D eigenvalue weighted by Crippen LogP contribution is 2.29. The number of ether oxygens (including phenoxy) is 2. The van der Waals surface area contributed by atoms with Gasteiger partial charge in [0.1, 0.15) is 11.5 Å². The van der Waals surface area contributed by atoms with Crippen LogP contribution in [0.25, 0.3) is 0 Å². The molecule has 1 amide bonds. The van der Waals surface area contributed by atoms with E-state index in [4.69, 9.17) is 9.47 Å². The molecule has 1 saturated heterocycles. The van der Waals surface area contributed by atoms with E-state index in [-0.39, 0.29) is 11.8 Å². The Morgan fingerprint density at radius 3 is 2.52 bits per heavy atom. The number of hydrogen-bond donors (Lipinski definition) is 1. The van der Waals surface area contributed by atoms with Gasteiger partial charge >= 0.3 is 0 Å². The number of amides is 1. The molecule has 0 radical (unpaired) electrons. The summed E-state index contributed by atoms with van der Waals surface area (Å²) in [5, 5.41) is 3.00. The minimum Gasteiger partial charge on any atom is -0.497 e. The Morgan fingerprint density at radius 1 is 1.03 bits per heavy atom. The summed E-state index contributed by atoms with van der Waals surface area (Å²) < 4.78 is 38.4. The van der Waals surface area contributed by atoms with E-state index >= 15 is 0 Å². The van der Waals surface area contributed by atoms with Gasteiger partial charge in [-0.2, -0.15) is 4.31 Å². The molecule has 0 saturated carbocycles. The van der Waals surface area contributed by atoms with Crippen LogP contribution in [0.2, 0.25) is 0 Å². The normalized spacial score (nSPS) is 16.9. The Bertz CT molecular complexity index is 1110.